The Kier molecular flexibility index (Phi) is 6.09. The molecule has 0 spiro atoms. The number of hydrogen-bond acceptors (Lipinski definition) is 6. The summed E-state index contributed by atoms with van der Waals surface area (Å²) in [5.41, 5.74) is 1.49. The van der Waals surface area contributed by atoms with Gasteiger partial charge >= 0.3 is 4.87 Å². The Hall–Kier alpha value is -3.14. The van der Waals surface area contributed by atoms with Crippen molar-refractivity contribution in [3.8, 4) is 5.69 Å². The summed E-state index contributed by atoms with van der Waals surface area (Å²) in [5.74, 6) is -1.98. The summed E-state index contributed by atoms with van der Waals surface area (Å²) in [7, 11) is 0. The maximum Gasteiger partial charge on any atom is 0.313 e. The third-order valence-electron chi connectivity index (χ3n) is 6.35. The van der Waals surface area contributed by atoms with Crippen LogP contribution in [0, 0.1) is 5.92 Å². The van der Waals surface area contributed by atoms with E-state index in [1.54, 1.807) is 42.5 Å². The zero-order valence-corrected chi connectivity index (χ0v) is 21.8. The normalized spacial score (nSPS) is 21.1. The Morgan fingerprint density at radius 1 is 0.730 bits per heavy atom. The lowest BCUT2D eigenvalue weighted by Crippen LogP contribution is -2.37. The van der Waals surface area contributed by atoms with Gasteiger partial charge in [-0.2, -0.15) is 0 Å². The number of halogens is 3. The number of hydrogen-bond donors (Lipinski definition) is 0. The van der Waals surface area contributed by atoms with Crippen LogP contribution in [0.25, 0.3) is 5.69 Å². The largest absolute Gasteiger partial charge is 0.313 e. The molecular formula is C26H16Cl3N3O4S. The number of amides is 2. The maximum absolute atomic E-state index is 13.8. The molecule has 7 nitrogen and oxygen atoms in total. The third-order valence-corrected chi connectivity index (χ3v) is 8.59. The second kappa shape index (κ2) is 9.31. The van der Waals surface area contributed by atoms with Gasteiger partial charge in [-0.25, -0.2) is 9.96 Å². The van der Waals surface area contributed by atoms with Gasteiger partial charge in [0.05, 0.1) is 32.0 Å². The van der Waals surface area contributed by atoms with E-state index < -0.39 is 29.9 Å². The van der Waals surface area contributed by atoms with Crippen LogP contribution in [0.3, 0.4) is 0 Å². The van der Waals surface area contributed by atoms with Crippen molar-refractivity contribution in [2.45, 2.75) is 12.1 Å². The summed E-state index contributed by atoms with van der Waals surface area (Å²) in [6, 6.07) is 21.7. The molecule has 2 amide bonds. The number of rotatable bonds is 4. The number of thiazole rings is 1. The minimum atomic E-state index is -1.12. The molecule has 3 aromatic carbocycles. The molecule has 0 N–H and O–H groups in total. The number of benzene rings is 3. The number of fused-ring (bicyclic) bond motifs is 1. The monoisotopic (exact) mass is 571 g/mol. The summed E-state index contributed by atoms with van der Waals surface area (Å²) in [4.78, 5) is 47.7. The van der Waals surface area contributed by atoms with E-state index in [0.29, 0.717) is 21.3 Å². The van der Waals surface area contributed by atoms with Crippen LogP contribution in [0.15, 0.2) is 83.7 Å². The summed E-state index contributed by atoms with van der Waals surface area (Å²) >= 11 is 19.9. The highest BCUT2D eigenvalue weighted by Gasteiger charge is 2.61. The predicted molar refractivity (Wildman–Crippen MR) is 144 cm³/mol. The van der Waals surface area contributed by atoms with Crippen LogP contribution in [0.5, 0.6) is 0 Å². The van der Waals surface area contributed by atoms with Crippen molar-refractivity contribution in [1.29, 1.82) is 0 Å². The van der Waals surface area contributed by atoms with Gasteiger partial charge < -0.3 is 0 Å². The highest BCUT2D eigenvalue weighted by molar-refractivity contribution is 7.10. The Labute approximate surface area is 229 Å². The first-order valence-corrected chi connectivity index (χ1v) is 13.1. The standard InChI is InChI=1S/C26H16Cl3N3O4S/c27-17-12-11-16(13-18(17)28)31-24(33)19-20(32(36-21(19)25(31)34)15-9-5-2-6-10-15)22-23(29)30(26(35)37-22)14-7-3-1-4-8-14/h1-13,19-21H/t19-,20+,21-/m0/s1. The van der Waals surface area contributed by atoms with Crippen LogP contribution in [-0.4, -0.2) is 22.5 Å². The van der Waals surface area contributed by atoms with E-state index in [-0.39, 0.29) is 20.7 Å². The average Bonchev–Trinajstić information content (AvgIpc) is 3.51. The highest BCUT2D eigenvalue weighted by Crippen LogP contribution is 2.50. The van der Waals surface area contributed by atoms with Crippen molar-refractivity contribution < 1.29 is 14.4 Å². The van der Waals surface area contributed by atoms with E-state index in [0.717, 1.165) is 16.2 Å². The van der Waals surface area contributed by atoms with Crippen LogP contribution in [0.1, 0.15) is 10.9 Å². The van der Waals surface area contributed by atoms with E-state index in [2.05, 4.69) is 0 Å². The summed E-state index contributed by atoms with van der Waals surface area (Å²) in [6.45, 7) is 0. The fraction of sp³-hybridized carbons (Fsp3) is 0.115. The highest BCUT2D eigenvalue weighted by atomic mass is 35.5. The number of aromatic nitrogens is 1. The molecule has 3 heterocycles. The summed E-state index contributed by atoms with van der Waals surface area (Å²) in [6.07, 6.45) is -1.12. The molecule has 2 saturated heterocycles. The zero-order chi connectivity index (χ0) is 25.8. The SMILES string of the molecule is O=C1[C@@H]2[C@H](ON(c3ccccc3)[C@H]2c2sc(=O)n(-c3ccccc3)c2Cl)C(=O)N1c1ccc(Cl)c(Cl)c1. The minimum absolute atomic E-state index is 0.157. The second-order valence-corrected chi connectivity index (χ2v) is 10.6. The van der Waals surface area contributed by atoms with Crippen LogP contribution >= 0.6 is 46.1 Å². The van der Waals surface area contributed by atoms with Gasteiger partial charge in [0.15, 0.2) is 6.10 Å². The Morgan fingerprint density at radius 3 is 2.03 bits per heavy atom. The molecule has 2 aliphatic rings. The first-order chi connectivity index (χ1) is 17.9. The van der Waals surface area contributed by atoms with Gasteiger partial charge in [-0.05, 0) is 42.5 Å². The number of anilines is 2. The fourth-order valence-corrected chi connectivity index (χ4v) is 6.47. The van der Waals surface area contributed by atoms with E-state index in [9.17, 15) is 14.4 Å². The molecule has 11 heteroatoms. The van der Waals surface area contributed by atoms with E-state index in [1.807, 2.05) is 24.3 Å². The molecule has 3 atom stereocenters. The van der Waals surface area contributed by atoms with Crippen molar-refractivity contribution >= 4 is 69.3 Å². The summed E-state index contributed by atoms with van der Waals surface area (Å²) in [5, 5.41) is 2.17. The Morgan fingerprint density at radius 2 is 1.38 bits per heavy atom. The fourth-order valence-electron chi connectivity index (χ4n) is 4.71. The van der Waals surface area contributed by atoms with E-state index >= 15 is 0 Å². The molecule has 2 aliphatic heterocycles. The molecule has 6 rings (SSSR count). The topological polar surface area (TPSA) is 71.8 Å². The van der Waals surface area contributed by atoms with Crippen LogP contribution in [0.4, 0.5) is 11.4 Å². The number of carbonyl (C=O) groups is 2. The molecule has 186 valence electrons. The van der Waals surface area contributed by atoms with Crippen molar-refractivity contribution in [3.63, 3.8) is 0 Å². The van der Waals surface area contributed by atoms with E-state index in [4.69, 9.17) is 39.6 Å². The number of nitrogens with zero attached hydrogens (tertiary/aromatic N) is 3. The van der Waals surface area contributed by atoms with Crippen LogP contribution < -0.4 is 14.8 Å². The summed E-state index contributed by atoms with van der Waals surface area (Å²) < 4.78 is 1.38. The van der Waals surface area contributed by atoms with Crippen molar-refractivity contribution in [3.05, 3.63) is 109 Å². The molecule has 0 saturated carbocycles. The molecule has 2 fully saturated rings. The van der Waals surface area contributed by atoms with Gasteiger partial charge in [-0.3, -0.25) is 23.8 Å². The predicted octanol–water partition coefficient (Wildman–Crippen LogP) is 5.91. The quantitative estimate of drug-likeness (QED) is 0.284. The average molecular weight is 573 g/mol. The molecular weight excluding hydrogens is 557 g/mol. The molecule has 37 heavy (non-hydrogen) atoms. The zero-order valence-electron chi connectivity index (χ0n) is 18.8. The first kappa shape index (κ1) is 24.2. The molecule has 0 bridgehead atoms. The number of carbonyl (C=O) groups excluding carboxylic acids is 2. The van der Waals surface area contributed by atoms with Gasteiger partial charge in [0.1, 0.15) is 17.1 Å². The lowest BCUT2D eigenvalue weighted by molar-refractivity contribution is -0.126. The van der Waals surface area contributed by atoms with Gasteiger partial charge in [0.25, 0.3) is 5.91 Å². The number of para-hydroxylation sites is 2. The first-order valence-electron chi connectivity index (χ1n) is 11.2. The van der Waals surface area contributed by atoms with E-state index in [1.165, 1.54) is 21.8 Å². The lowest BCUT2D eigenvalue weighted by atomic mass is 9.95. The van der Waals surface area contributed by atoms with Crippen molar-refractivity contribution in [2.24, 2.45) is 5.92 Å². The van der Waals surface area contributed by atoms with Gasteiger partial charge in [-0.1, -0.05) is 82.5 Å². The van der Waals surface area contributed by atoms with Crippen LogP contribution in [-0.2, 0) is 14.4 Å². The smallest absolute Gasteiger partial charge is 0.273 e. The van der Waals surface area contributed by atoms with Gasteiger partial charge in [0.2, 0.25) is 5.91 Å². The molecule has 0 aliphatic carbocycles. The third kappa shape index (κ3) is 3.88. The van der Waals surface area contributed by atoms with Crippen LogP contribution in [0.2, 0.25) is 15.2 Å². The van der Waals surface area contributed by atoms with Crippen molar-refractivity contribution in [2.75, 3.05) is 9.96 Å². The lowest BCUT2D eigenvalue weighted by Gasteiger charge is -2.28. The van der Waals surface area contributed by atoms with Gasteiger partial charge in [-0.15, -0.1) is 0 Å². The number of imide groups is 1. The maximum atomic E-state index is 13.8. The Balaban J connectivity index is 1.49. The molecule has 1 aromatic heterocycles. The number of hydroxylamine groups is 1. The Bertz CT molecular complexity index is 1590. The van der Waals surface area contributed by atoms with Crippen molar-refractivity contribution in [1.82, 2.24) is 4.57 Å². The second-order valence-electron chi connectivity index (χ2n) is 8.46. The molecule has 4 aromatic rings. The molecule has 0 unspecified atom stereocenters. The minimum Gasteiger partial charge on any atom is -0.273 e. The molecule has 0 radical (unpaired) electrons. The van der Waals surface area contributed by atoms with Gasteiger partial charge in [0, 0.05) is 0 Å².